The summed E-state index contributed by atoms with van der Waals surface area (Å²) in [6.07, 6.45) is -4.53. The number of carbonyl (C=O) groups is 2. The molecule has 1 unspecified atom stereocenters. The molecule has 0 radical (unpaired) electrons. The zero-order valence-corrected chi connectivity index (χ0v) is 14.9. The zero-order valence-electron chi connectivity index (χ0n) is 14.9. The van der Waals surface area contributed by atoms with Crippen LogP contribution in [-0.2, 0) is 9.53 Å². The average molecular weight is 398 g/mol. The van der Waals surface area contributed by atoms with Gasteiger partial charge in [-0.1, -0.05) is 0 Å². The van der Waals surface area contributed by atoms with E-state index in [0.717, 1.165) is 12.1 Å². The number of anilines is 1. The number of ether oxygens (including phenoxy) is 3. The standard InChI is InChI=1S/C18H17F3N2O5/c1-3-26-16-14(5-4-10-22-16)17(25)27-11(2)15(24)23-12-6-8-13(9-7-12)28-18(19,20)21/h4-11H,3H2,1-2H3,(H,23,24). The molecule has 0 bridgehead atoms. The van der Waals surface area contributed by atoms with Gasteiger partial charge in [0.1, 0.15) is 11.3 Å². The third kappa shape index (κ3) is 6.15. The molecule has 1 amide bonds. The second-order valence-corrected chi connectivity index (χ2v) is 5.40. The van der Waals surface area contributed by atoms with Crippen molar-refractivity contribution in [2.75, 3.05) is 11.9 Å². The number of amides is 1. The van der Waals surface area contributed by atoms with E-state index in [4.69, 9.17) is 9.47 Å². The Labute approximate surface area is 158 Å². The number of nitrogens with zero attached hydrogens (tertiary/aromatic N) is 1. The van der Waals surface area contributed by atoms with Crippen LogP contribution in [0.15, 0.2) is 42.6 Å². The lowest BCUT2D eigenvalue weighted by molar-refractivity contribution is -0.274. The van der Waals surface area contributed by atoms with Gasteiger partial charge >= 0.3 is 12.3 Å². The highest BCUT2D eigenvalue weighted by Crippen LogP contribution is 2.24. The molecule has 0 aliphatic carbocycles. The third-order valence-electron chi connectivity index (χ3n) is 3.28. The first kappa shape index (κ1) is 21.0. The number of halogens is 3. The highest BCUT2D eigenvalue weighted by atomic mass is 19.4. The Bertz CT molecular complexity index is 825. The number of benzene rings is 1. The topological polar surface area (TPSA) is 86.8 Å². The summed E-state index contributed by atoms with van der Waals surface area (Å²) < 4.78 is 50.5. The number of aromatic nitrogens is 1. The Morgan fingerprint density at radius 2 is 1.86 bits per heavy atom. The van der Waals surface area contributed by atoms with E-state index < -0.39 is 30.1 Å². The molecule has 1 atom stereocenters. The van der Waals surface area contributed by atoms with E-state index in [0.29, 0.717) is 6.61 Å². The maximum atomic E-state index is 12.2. The summed E-state index contributed by atoms with van der Waals surface area (Å²) in [4.78, 5) is 28.3. The number of rotatable bonds is 7. The van der Waals surface area contributed by atoms with Gasteiger partial charge in [-0.3, -0.25) is 4.79 Å². The van der Waals surface area contributed by atoms with Crippen LogP contribution < -0.4 is 14.8 Å². The maximum absolute atomic E-state index is 12.2. The number of esters is 1. The summed E-state index contributed by atoms with van der Waals surface area (Å²) in [7, 11) is 0. The fourth-order valence-corrected chi connectivity index (χ4v) is 2.06. The SMILES string of the molecule is CCOc1ncccc1C(=O)OC(C)C(=O)Nc1ccc(OC(F)(F)F)cc1. The lowest BCUT2D eigenvalue weighted by Gasteiger charge is -2.15. The Hall–Kier alpha value is -3.30. The quantitative estimate of drug-likeness (QED) is 0.718. The molecule has 1 aromatic carbocycles. The lowest BCUT2D eigenvalue weighted by Crippen LogP contribution is -2.30. The van der Waals surface area contributed by atoms with E-state index in [1.807, 2.05) is 0 Å². The van der Waals surface area contributed by atoms with Gasteiger partial charge in [0.25, 0.3) is 5.91 Å². The molecule has 7 nitrogen and oxygen atoms in total. The Balaban J connectivity index is 1.96. The summed E-state index contributed by atoms with van der Waals surface area (Å²) in [5, 5.41) is 2.43. The molecule has 0 fully saturated rings. The fraction of sp³-hybridized carbons (Fsp3) is 0.278. The van der Waals surface area contributed by atoms with Crippen LogP contribution in [0, 0.1) is 0 Å². The van der Waals surface area contributed by atoms with Crippen LogP contribution in [-0.4, -0.2) is 35.9 Å². The highest BCUT2D eigenvalue weighted by molar-refractivity contribution is 5.98. The molecule has 1 aromatic heterocycles. The second-order valence-electron chi connectivity index (χ2n) is 5.40. The van der Waals surface area contributed by atoms with Gasteiger partial charge in [-0.05, 0) is 50.2 Å². The molecule has 0 spiro atoms. The number of alkyl halides is 3. The molecule has 0 saturated heterocycles. The van der Waals surface area contributed by atoms with Crippen LogP contribution >= 0.6 is 0 Å². The van der Waals surface area contributed by atoms with E-state index in [1.54, 1.807) is 6.92 Å². The van der Waals surface area contributed by atoms with Gasteiger partial charge in [-0.15, -0.1) is 13.2 Å². The van der Waals surface area contributed by atoms with E-state index in [9.17, 15) is 22.8 Å². The third-order valence-corrected chi connectivity index (χ3v) is 3.28. The molecule has 0 saturated carbocycles. The van der Waals surface area contributed by atoms with E-state index >= 15 is 0 Å². The minimum atomic E-state index is -4.81. The summed E-state index contributed by atoms with van der Waals surface area (Å²) >= 11 is 0. The van der Waals surface area contributed by atoms with Crippen molar-refractivity contribution in [2.45, 2.75) is 26.3 Å². The summed E-state index contributed by atoms with van der Waals surface area (Å²) in [5.74, 6) is -1.80. The molecule has 0 aliphatic rings. The van der Waals surface area contributed by atoms with Gasteiger partial charge in [0.15, 0.2) is 6.10 Å². The number of pyridine rings is 1. The van der Waals surface area contributed by atoms with Crippen molar-refractivity contribution in [2.24, 2.45) is 0 Å². The van der Waals surface area contributed by atoms with Crippen molar-refractivity contribution in [1.29, 1.82) is 0 Å². The van der Waals surface area contributed by atoms with Crippen molar-refractivity contribution in [3.63, 3.8) is 0 Å². The van der Waals surface area contributed by atoms with Crippen LogP contribution in [0.4, 0.5) is 18.9 Å². The van der Waals surface area contributed by atoms with Crippen LogP contribution in [0.25, 0.3) is 0 Å². The molecular weight excluding hydrogens is 381 g/mol. The van der Waals surface area contributed by atoms with E-state index in [1.165, 1.54) is 37.4 Å². The number of carbonyl (C=O) groups excluding carboxylic acids is 2. The van der Waals surface area contributed by atoms with E-state index in [2.05, 4.69) is 15.0 Å². The smallest absolute Gasteiger partial charge is 0.477 e. The number of hydrogen-bond acceptors (Lipinski definition) is 6. The van der Waals surface area contributed by atoms with Crippen LogP contribution in [0.5, 0.6) is 11.6 Å². The Kier molecular flexibility index (Phi) is 6.80. The first-order valence-electron chi connectivity index (χ1n) is 8.15. The van der Waals surface area contributed by atoms with Gasteiger partial charge in [-0.25, -0.2) is 9.78 Å². The normalized spacial score (nSPS) is 12.0. The molecule has 150 valence electrons. The van der Waals surface area contributed by atoms with Gasteiger partial charge in [0.05, 0.1) is 6.61 Å². The summed E-state index contributed by atoms with van der Waals surface area (Å²) in [5.41, 5.74) is 0.274. The zero-order chi connectivity index (χ0) is 20.7. The van der Waals surface area contributed by atoms with Crippen molar-refractivity contribution in [1.82, 2.24) is 4.98 Å². The molecule has 10 heteroatoms. The predicted molar refractivity (Wildman–Crippen MR) is 92.0 cm³/mol. The fourth-order valence-electron chi connectivity index (χ4n) is 2.06. The van der Waals surface area contributed by atoms with Gasteiger partial charge in [0, 0.05) is 11.9 Å². The van der Waals surface area contributed by atoms with Crippen molar-refractivity contribution < 1.29 is 37.0 Å². The molecule has 0 aliphatic heterocycles. The van der Waals surface area contributed by atoms with Crippen molar-refractivity contribution >= 4 is 17.6 Å². The van der Waals surface area contributed by atoms with Crippen molar-refractivity contribution in [3.05, 3.63) is 48.2 Å². The first-order chi connectivity index (χ1) is 13.2. The van der Waals surface area contributed by atoms with Crippen molar-refractivity contribution in [3.8, 4) is 11.6 Å². The number of hydrogen-bond donors (Lipinski definition) is 1. The van der Waals surface area contributed by atoms with E-state index in [-0.39, 0.29) is 17.1 Å². The molecule has 2 aromatic rings. The maximum Gasteiger partial charge on any atom is 0.573 e. The van der Waals surface area contributed by atoms with Gasteiger partial charge in [-0.2, -0.15) is 0 Å². The van der Waals surface area contributed by atoms with Crippen LogP contribution in [0.3, 0.4) is 0 Å². The minimum absolute atomic E-state index is 0.0673. The highest BCUT2D eigenvalue weighted by Gasteiger charge is 2.31. The van der Waals surface area contributed by atoms with Gasteiger partial charge in [0.2, 0.25) is 5.88 Å². The van der Waals surface area contributed by atoms with Crippen LogP contribution in [0.1, 0.15) is 24.2 Å². The molecule has 1 heterocycles. The van der Waals surface area contributed by atoms with Crippen LogP contribution in [0.2, 0.25) is 0 Å². The first-order valence-corrected chi connectivity index (χ1v) is 8.15. The minimum Gasteiger partial charge on any atom is -0.477 e. The summed E-state index contributed by atoms with van der Waals surface area (Å²) in [6, 6.07) is 7.51. The molecule has 1 N–H and O–H groups in total. The molecular formula is C18H17F3N2O5. The summed E-state index contributed by atoms with van der Waals surface area (Å²) in [6.45, 7) is 3.37. The Morgan fingerprint density at radius 3 is 2.46 bits per heavy atom. The number of nitrogens with one attached hydrogen (secondary N) is 1. The molecule has 2 rings (SSSR count). The predicted octanol–water partition coefficient (Wildman–Crippen LogP) is 3.56. The molecule has 28 heavy (non-hydrogen) atoms. The largest absolute Gasteiger partial charge is 0.573 e. The van der Waals surface area contributed by atoms with Gasteiger partial charge < -0.3 is 19.5 Å². The average Bonchev–Trinajstić information content (AvgIpc) is 2.62. The second kappa shape index (κ2) is 9.07. The Morgan fingerprint density at radius 1 is 1.18 bits per heavy atom. The lowest BCUT2D eigenvalue weighted by atomic mass is 10.2. The monoisotopic (exact) mass is 398 g/mol.